The number of nitrogens with zero attached hydrogens (tertiary/aromatic N) is 1. The average Bonchev–Trinajstić information content (AvgIpc) is 2.71. The number of carbonyl (C=O) groups excluding carboxylic acids is 3. The zero-order valence-corrected chi connectivity index (χ0v) is 20.4. The monoisotopic (exact) mass is 429 g/mol. The summed E-state index contributed by atoms with van der Waals surface area (Å²) >= 11 is 0. The van der Waals surface area contributed by atoms with Crippen molar-refractivity contribution in [2.24, 2.45) is 28.8 Å². The summed E-state index contributed by atoms with van der Waals surface area (Å²) in [5, 5.41) is 3.93. The fourth-order valence-electron chi connectivity index (χ4n) is 2.62. The van der Waals surface area contributed by atoms with Crippen molar-refractivity contribution in [1.82, 2.24) is 0 Å². The third-order valence-corrected chi connectivity index (χ3v) is 5.49. The molecule has 0 unspecified atom stereocenters. The first-order chi connectivity index (χ1) is 14.1. The predicted molar refractivity (Wildman–Crippen MR) is 119 cm³/mol. The molecule has 7 heteroatoms. The molecule has 0 aromatic heterocycles. The second-order valence-corrected chi connectivity index (χ2v) is 7.54. The molecule has 0 aromatic carbocycles. The van der Waals surface area contributed by atoms with Crippen LogP contribution in [-0.2, 0) is 28.7 Å². The summed E-state index contributed by atoms with van der Waals surface area (Å²) < 4.78 is 9.62. The SMILES string of the molecule is CCOC(=O)CC(=NOC)[C@H](C)[C@H](C)CC.CCOC(=O)CC(=O)[C@H](C)[C@H](C)CC. The van der Waals surface area contributed by atoms with E-state index in [-0.39, 0.29) is 36.4 Å². The first-order valence-electron chi connectivity index (χ1n) is 11.0. The van der Waals surface area contributed by atoms with Crippen molar-refractivity contribution in [3.63, 3.8) is 0 Å². The molecule has 0 amide bonds. The number of rotatable bonds is 13. The molecule has 0 radical (unpaired) electrons. The Bertz CT molecular complexity index is 532. The minimum absolute atomic E-state index is 0.0159. The predicted octanol–water partition coefficient (Wildman–Crippen LogP) is 4.82. The Morgan fingerprint density at radius 2 is 1.17 bits per heavy atom. The summed E-state index contributed by atoms with van der Waals surface area (Å²) in [5.74, 6) is 0.318. The third kappa shape index (κ3) is 13.3. The third-order valence-electron chi connectivity index (χ3n) is 5.49. The van der Waals surface area contributed by atoms with Crippen LogP contribution in [0.1, 0.15) is 81.1 Å². The maximum atomic E-state index is 11.5. The highest BCUT2D eigenvalue weighted by molar-refractivity contribution is 6.00. The van der Waals surface area contributed by atoms with E-state index in [0.29, 0.717) is 25.0 Å². The van der Waals surface area contributed by atoms with Gasteiger partial charge in [0.1, 0.15) is 19.3 Å². The van der Waals surface area contributed by atoms with Crippen molar-refractivity contribution in [2.45, 2.75) is 81.1 Å². The maximum Gasteiger partial charge on any atom is 0.313 e. The van der Waals surface area contributed by atoms with Gasteiger partial charge in [0.2, 0.25) is 0 Å². The van der Waals surface area contributed by atoms with Gasteiger partial charge in [-0.1, -0.05) is 59.5 Å². The van der Waals surface area contributed by atoms with E-state index in [1.165, 1.54) is 7.11 Å². The number of hydrogen-bond donors (Lipinski definition) is 0. The molecule has 0 bridgehead atoms. The topological polar surface area (TPSA) is 91.3 Å². The smallest absolute Gasteiger partial charge is 0.313 e. The van der Waals surface area contributed by atoms with Gasteiger partial charge in [0, 0.05) is 11.8 Å². The Hall–Kier alpha value is -1.92. The summed E-state index contributed by atoms with van der Waals surface area (Å²) in [7, 11) is 1.49. The van der Waals surface area contributed by atoms with Crippen LogP contribution in [-0.4, -0.2) is 43.8 Å². The van der Waals surface area contributed by atoms with E-state index < -0.39 is 5.97 Å². The zero-order valence-electron chi connectivity index (χ0n) is 20.4. The molecule has 0 aromatic rings. The first-order valence-corrected chi connectivity index (χ1v) is 11.0. The van der Waals surface area contributed by atoms with Crippen LogP contribution >= 0.6 is 0 Å². The summed E-state index contributed by atoms with van der Waals surface area (Å²) in [6.07, 6.45) is 2.13. The van der Waals surface area contributed by atoms with Crippen LogP contribution in [0.2, 0.25) is 0 Å². The van der Waals surface area contributed by atoms with Gasteiger partial charge in [-0.25, -0.2) is 0 Å². The standard InChI is InChI=1S/C12H23NO3.C11H20O3/c1-6-9(3)10(4)11(13-15-5)8-12(14)16-7-2;1-5-8(3)9(4)10(12)7-11(13)14-6-2/h9-10H,6-8H2,1-5H3;8-9H,5-7H2,1-4H3/t9-,10-;8-,9-/m11/s1. The Morgan fingerprint density at radius 3 is 1.57 bits per heavy atom. The zero-order chi connectivity index (χ0) is 23.7. The van der Waals surface area contributed by atoms with Gasteiger partial charge in [-0.15, -0.1) is 0 Å². The van der Waals surface area contributed by atoms with Crippen LogP contribution in [0.3, 0.4) is 0 Å². The second kappa shape index (κ2) is 17.9. The molecule has 0 heterocycles. The number of oxime groups is 1. The molecule has 0 rings (SSSR count). The van der Waals surface area contributed by atoms with Crippen LogP contribution in [0, 0.1) is 23.7 Å². The molecule has 176 valence electrons. The second-order valence-electron chi connectivity index (χ2n) is 7.54. The molecule has 0 saturated heterocycles. The van der Waals surface area contributed by atoms with Crippen LogP contribution in [0.4, 0.5) is 0 Å². The normalized spacial score (nSPS) is 15.0. The first kappa shape index (κ1) is 30.3. The van der Waals surface area contributed by atoms with Gasteiger partial charge < -0.3 is 14.3 Å². The largest absolute Gasteiger partial charge is 0.466 e. The molecule has 0 N–H and O–H groups in total. The quantitative estimate of drug-likeness (QED) is 0.180. The van der Waals surface area contributed by atoms with E-state index in [2.05, 4.69) is 25.9 Å². The van der Waals surface area contributed by atoms with Gasteiger partial charge in [-0.05, 0) is 25.7 Å². The summed E-state index contributed by atoms with van der Waals surface area (Å²) in [6.45, 7) is 16.5. The van der Waals surface area contributed by atoms with E-state index in [1.807, 2.05) is 20.8 Å². The Morgan fingerprint density at radius 1 is 0.733 bits per heavy atom. The van der Waals surface area contributed by atoms with Gasteiger partial charge in [0.25, 0.3) is 0 Å². The molecule has 0 aliphatic rings. The fraction of sp³-hybridized carbons (Fsp3) is 0.826. The summed E-state index contributed by atoms with van der Waals surface area (Å²) in [6, 6.07) is 0. The van der Waals surface area contributed by atoms with E-state index in [0.717, 1.165) is 18.6 Å². The summed E-state index contributed by atoms with van der Waals surface area (Å²) in [4.78, 5) is 38.7. The van der Waals surface area contributed by atoms with Gasteiger partial charge in [0.15, 0.2) is 0 Å². The Balaban J connectivity index is 0. The molecular weight excluding hydrogens is 386 g/mol. The van der Waals surface area contributed by atoms with Crippen molar-refractivity contribution in [3.05, 3.63) is 0 Å². The molecule has 7 nitrogen and oxygen atoms in total. The molecule has 0 fully saturated rings. The highest BCUT2D eigenvalue weighted by Gasteiger charge is 2.22. The van der Waals surface area contributed by atoms with E-state index in [4.69, 9.17) is 14.3 Å². The summed E-state index contributed by atoms with van der Waals surface area (Å²) in [5.41, 5.74) is 0.760. The lowest BCUT2D eigenvalue weighted by atomic mass is 9.88. The number of hydrogen-bond acceptors (Lipinski definition) is 7. The molecule has 0 saturated carbocycles. The van der Waals surface area contributed by atoms with Crippen molar-refractivity contribution in [2.75, 3.05) is 20.3 Å². The fourth-order valence-corrected chi connectivity index (χ4v) is 2.62. The van der Waals surface area contributed by atoms with Gasteiger partial charge >= 0.3 is 11.9 Å². The average molecular weight is 430 g/mol. The maximum absolute atomic E-state index is 11.5. The molecular formula is C23H43NO6. The lowest BCUT2D eigenvalue weighted by Crippen LogP contribution is -2.23. The number of ether oxygens (including phenoxy) is 2. The van der Waals surface area contributed by atoms with Gasteiger partial charge in [-0.2, -0.15) is 0 Å². The molecule has 0 spiro atoms. The lowest BCUT2D eigenvalue weighted by molar-refractivity contribution is -0.146. The number of carbonyl (C=O) groups is 3. The van der Waals surface area contributed by atoms with Crippen LogP contribution in [0.15, 0.2) is 5.16 Å². The van der Waals surface area contributed by atoms with Gasteiger partial charge in [-0.3, -0.25) is 14.4 Å². The minimum atomic E-state index is -0.410. The highest BCUT2D eigenvalue weighted by Crippen LogP contribution is 2.19. The molecule has 0 aliphatic carbocycles. The molecule has 30 heavy (non-hydrogen) atoms. The highest BCUT2D eigenvalue weighted by atomic mass is 16.6. The lowest BCUT2D eigenvalue weighted by Gasteiger charge is -2.19. The van der Waals surface area contributed by atoms with Gasteiger partial charge in [0.05, 0.1) is 25.3 Å². The number of esters is 2. The minimum Gasteiger partial charge on any atom is -0.466 e. The molecule has 4 atom stereocenters. The number of Topliss-reactive ketones (excluding diaryl/α,β-unsaturated/α-hetero) is 1. The van der Waals surface area contributed by atoms with E-state index in [9.17, 15) is 14.4 Å². The molecule has 0 aliphatic heterocycles. The van der Waals surface area contributed by atoms with Crippen molar-refractivity contribution in [1.29, 1.82) is 0 Å². The van der Waals surface area contributed by atoms with E-state index >= 15 is 0 Å². The van der Waals surface area contributed by atoms with E-state index in [1.54, 1.807) is 13.8 Å². The van der Waals surface area contributed by atoms with Crippen molar-refractivity contribution >= 4 is 23.4 Å². The number of ketones is 1. The van der Waals surface area contributed by atoms with Crippen molar-refractivity contribution in [3.8, 4) is 0 Å². The Labute approximate surface area is 182 Å². The Kier molecular flexibility index (Phi) is 18.1. The van der Waals surface area contributed by atoms with Crippen LogP contribution in [0.5, 0.6) is 0 Å². The van der Waals surface area contributed by atoms with Crippen LogP contribution in [0.25, 0.3) is 0 Å². The van der Waals surface area contributed by atoms with Crippen LogP contribution < -0.4 is 0 Å². The van der Waals surface area contributed by atoms with Crippen molar-refractivity contribution < 1.29 is 28.7 Å².